The first-order valence-corrected chi connectivity index (χ1v) is 8.49. The van der Waals surface area contributed by atoms with Gasteiger partial charge in [0.1, 0.15) is 12.0 Å². The summed E-state index contributed by atoms with van der Waals surface area (Å²) in [7, 11) is 0. The molecule has 1 saturated heterocycles. The third kappa shape index (κ3) is 3.20. The van der Waals surface area contributed by atoms with Gasteiger partial charge in [0.05, 0.1) is 5.70 Å². The van der Waals surface area contributed by atoms with Gasteiger partial charge in [0.15, 0.2) is 12.0 Å². The fraction of sp³-hybridized carbons (Fsp3) is 0.526. The van der Waals surface area contributed by atoms with Gasteiger partial charge in [0, 0.05) is 29.5 Å². The molecule has 1 aromatic carbocycles. The zero-order chi connectivity index (χ0) is 18.4. The van der Waals surface area contributed by atoms with Crippen LogP contribution in [-0.2, 0) is 4.79 Å². The molecule has 6 heteroatoms. The van der Waals surface area contributed by atoms with Gasteiger partial charge in [-0.3, -0.25) is 9.69 Å². The van der Waals surface area contributed by atoms with Crippen LogP contribution in [0.3, 0.4) is 0 Å². The van der Waals surface area contributed by atoms with Crippen molar-refractivity contribution in [2.45, 2.75) is 39.1 Å². The van der Waals surface area contributed by atoms with Crippen LogP contribution in [0.2, 0.25) is 0 Å². The quantitative estimate of drug-likeness (QED) is 0.880. The number of aliphatic hydroxyl groups excluding tert-OH is 1. The van der Waals surface area contributed by atoms with E-state index in [1.807, 2.05) is 13.8 Å². The van der Waals surface area contributed by atoms with Crippen molar-refractivity contribution in [2.75, 3.05) is 13.1 Å². The average Bonchev–Trinajstić information content (AvgIpc) is 2.94. The number of allylic oxidation sites excluding steroid dienone is 1. The summed E-state index contributed by atoms with van der Waals surface area (Å²) in [6.07, 6.45) is -0.239. The number of benzene rings is 1. The molecule has 25 heavy (non-hydrogen) atoms. The summed E-state index contributed by atoms with van der Waals surface area (Å²) >= 11 is 0. The number of rotatable bonds is 3. The van der Waals surface area contributed by atoms with Gasteiger partial charge >= 0.3 is 0 Å². The third-order valence-electron chi connectivity index (χ3n) is 5.39. The number of carbonyl (C=O) groups excluding carboxylic acids is 1. The predicted molar refractivity (Wildman–Crippen MR) is 90.6 cm³/mol. The molecule has 136 valence electrons. The number of Topliss-reactive ketones (excluding diaryl/α,β-unsaturated/α-hetero) is 1. The molecule has 3 rings (SSSR count). The first-order valence-electron chi connectivity index (χ1n) is 8.49. The van der Waals surface area contributed by atoms with Crippen molar-refractivity contribution in [1.82, 2.24) is 4.90 Å². The van der Waals surface area contributed by atoms with Crippen molar-refractivity contribution in [2.24, 2.45) is 16.6 Å². The van der Waals surface area contributed by atoms with E-state index >= 15 is 0 Å². The Morgan fingerprint density at radius 1 is 1.32 bits per heavy atom. The van der Waals surface area contributed by atoms with E-state index < -0.39 is 23.6 Å². The van der Waals surface area contributed by atoms with Crippen molar-refractivity contribution in [3.63, 3.8) is 0 Å². The van der Waals surface area contributed by atoms with E-state index in [-0.39, 0.29) is 22.5 Å². The van der Waals surface area contributed by atoms with E-state index in [0.717, 1.165) is 0 Å². The molecule has 4 nitrogen and oxygen atoms in total. The molecule has 0 saturated carbocycles. The van der Waals surface area contributed by atoms with Gasteiger partial charge in [-0.2, -0.15) is 0 Å². The lowest BCUT2D eigenvalue weighted by Gasteiger charge is -2.39. The normalized spacial score (nSPS) is 28.8. The van der Waals surface area contributed by atoms with E-state index in [1.165, 1.54) is 18.2 Å². The molecule has 1 spiro atoms. The van der Waals surface area contributed by atoms with Crippen LogP contribution in [0.15, 0.2) is 36.0 Å². The molecule has 0 aromatic heterocycles. The van der Waals surface area contributed by atoms with Crippen molar-refractivity contribution in [3.05, 3.63) is 47.4 Å². The summed E-state index contributed by atoms with van der Waals surface area (Å²) < 4.78 is 28.5. The fourth-order valence-electron chi connectivity index (χ4n) is 4.26. The van der Waals surface area contributed by atoms with Crippen LogP contribution in [0.1, 0.15) is 38.4 Å². The highest BCUT2D eigenvalue weighted by Crippen LogP contribution is 2.48. The minimum Gasteiger partial charge on any atom is -0.396 e. The summed E-state index contributed by atoms with van der Waals surface area (Å²) in [6, 6.07) is 5.55. The number of carbonyl (C=O) groups is 1. The first kappa shape index (κ1) is 18.0. The van der Waals surface area contributed by atoms with Gasteiger partial charge in [0.25, 0.3) is 0 Å². The maximum Gasteiger partial charge on any atom is 0.183 e. The topological polar surface area (TPSA) is 66.6 Å². The molecule has 1 aliphatic heterocycles. The number of nitrogens with zero attached hydrogens (tertiary/aromatic N) is 1. The Morgan fingerprint density at radius 3 is 2.64 bits per heavy atom. The van der Waals surface area contributed by atoms with Crippen molar-refractivity contribution < 1.29 is 18.7 Å². The number of alkyl halides is 1. The van der Waals surface area contributed by atoms with Crippen molar-refractivity contribution in [3.8, 4) is 0 Å². The second-order valence-corrected chi connectivity index (χ2v) is 7.91. The number of aliphatic hydroxyl groups is 1. The van der Waals surface area contributed by atoms with E-state index in [9.17, 15) is 18.7 Å². The second kappa shape index (κ2) is 6.18. The van der Waals surface area contributed by atoms with Crippen LogP contribution in [-0.4, -0.2) is 35.1 Å². The Hall–Kier alpha value is -1.79. The maximum absolute atomic E-state index is 14.7. The molecule has 2 aliphatic rings. The largest absolute Gasteiger partial charge is 0.396 e. The molecule has 3 unspecified atom stereocenters. The van der Waals surface area contributed by atoms with Gasteiger partial charge in [0.2, 0.25) is 0 Å². The second-order valence-electron chi connectivity index (χ2n) is 7.91. The van der Waals surface area contributed by atoms with Crippen molar-refractivity contribution in [1.29, 1.82) is 0 Å². The maximum atomic E-state index is 14.7. The number of nitrogens with two attached hydrogens (primary N) is 1. The summed E-state index contributed by atoms with van der Waals surface area (Å²) in [5, 5.41) is 10.4. The van der Waals surface area contributed by atoms with E-state index in [1.54, 1.807) is 17.0 Å². The summed E-state index contributed by atoms with van der Waals surface area (Å²) in [5.74, 6) is -0.747. The monoisotopic (exact) mass is 350 g/mol. The highest BCUT2D eigenvalue weighted by Gasteiger charge is 2.49. The molecular weight excluding hydrogens is 326 g/mol. The van der Waals surface area contributed by atoms with Crippen molar-refractivity contribution >= 4 is 5.78 Å². The van der Waals surface area contributed by atoms with Crippen LogP contribution in [0.5, 0.6) is 0 Å². The SMILES string of the molecule is CC1(C)CC2(C=C(N)C1=O)CCN(C(O)C(F)c1ccccc1F)C2. The molecule has 0 radical (unpaired) electrons. The molecule has 3 N–H and O–H groups in total. The van der Waals surface area contributed by atoms with E-state index in [0.29, 0.717) is 25.9 Å². The van der Waals surface area contributed by atoms with Gasteiger partial charge in [-0.05, 0) is 18.9 Å². The van der Waals surface area contributed by atoms with Crippen LogP contribution in [0.25, 0.3) is 0 Å². The van der Waals surface area contributed by atoms with E-state index in [2.05, 4.69) is 0 Å². The van der Waals surface area contributed by atoms with Gasteiger partial charge < -0.3 is 10.8 Å². The molecule has 1 heterocycles. The first-order chi connectivity index (χ1) is 11.7. The summed E-state index contributed by atoms with van der Waals surface area (Å²) in [4.78, 5) is 13.8. The number of halogens is 2. The Morgan fingerprint density at radius 2 is 2.00 bits per heavy atom. The number of likely N-dealkylation sites (tertiary alicyclic amines) is 1. The lowest BCUT2D eigenvalue weighted by molar-refractivity contribution is -0.126. The van der Waals surface area contributed by atoms with E-state index in [4.69, 9.17) is 5.73 Å². The van der Waals surface area contributed by atoms with Gasteiger partial charge in [-0.25, -0.2) is 8.78 Å². The smallest absolute Gasteiger partial charge is 0.183 e. The molecule has 1 fully saturated rings. The predicted octanol–water partition coefficient (Wildman–Crippen LogP) is 2.69. The Kier molecular flexibility index (Phi) is 4.45. The highest BCUT2D eigenvalue weighted by atomic mass is 19.1. The third-order valence-corrected chi connectivity index (χ3v) is 5.39. The van der Waals surface area contributed by atoms with Crippen LogP contribution >= 0.6 is 0 Å². The summed E-state index contributed by atoms with van der Waals surface area (Å²) in [5.41, 5.74) is 5.05. The Bertz CT molecular complexity index is 719. The Balaban J connectivity index is 1.79. The Labute approximate surface area is 146 Å². The van der Waals surface area contributed by atoms with Crippen LogP contribution in [0.4, 0.5) is 8.78 Å². The van der Waals surface area contributed by atoms with Crippen LogP contribution in [0, 0.1) is 16.6 Å². The minimum absolute atomic E-state index is 0.0770. The lowest BCUT2D eigenvalue weighted by Crippen LogP contribution is -2.44. The number of hydrogen-bond acceptors (Lipinski definition) is 4. The fourth-order valence-corrected chi connectivity index (χ4v) is 4.26. The molecule has 0 amide bonds. The zero-order valence-corrected chi connectivity index (χ0v) is 14.5. The minimum atomic E-state index is -1.84. The standard InChI is InChI=1S/C19H24F2N2O2/c1-18(2)10-19(9-14(22)16(18)24)7-8-23(11-19)17(25)15(21)12-5-3-4-6-13(12)20/h3-6,9,15,17,25H,7-8,10-11,22H2,1-2H3. The molecule has 1 aromatic rings. The number of hydrogen-bond donors (Lipinski definition) is 2. The molecule has 3 atom stereocenters. The highest BCUT2D eigenvalue weighted by molar-refractivity contribution is 5.99. The molecule has 0 bridgehead atoms. The van der Waals surface area contributed by atoms with Gasteiger partial charge in [-0.15, -0.1) is 0 Å². The van der Waals surface area contributed by atoms with Crippen LogP contribution < -0.4 is 5.73 Å². The zero-order valence-electron chi connectivity index (χ0n) is 14.5. The summed E-state index contributed by atoms with van der Waals surface area (Å²) in [6.45, 7) is 4.56. The van der Waals surface area contributed by atoms with Gasteiger partial charge in [-0.1, -0.05) is 38.1 Å². The lowest BCUT2D eigenvalue weighted by atomic mass is 9.65. The molecular formula is C19H24F2N2O2. The number of ketones is 1. The average molecular weight is 350 g/mol. The molecule has 1 aliphatic carbocycles.